The van der Waals surface area contributed by atoms with Gasteiger partial charge in [0.05, 0.1) is 0 Å². The summed E-state index contributed by atoms with van der Waals surface area (Å²) in [7, 11) is 0. The first-order chi connectivity index (χ1) is 7.74. The second kappa shape index (κ2) is 7.42. The van der Waals surface area contributed by atoms with Gasteiger partial charge in [-0.25, -0.2) is 5.43 Å². The SMILES string of the molecule is CCCC/C(C)=N/NC(=O)C1CCCCC1. The highest BCUT2D eigenvalue weighted by Gasteiger charge is 2.20. The van der Waals surface area contributed by atoms with Crippen LogP contribution in [0.5, 0.6) is 0 Å². The Hall–Kier alpha value is -0.860. The summed E-state index contributed by atoms with van der Waals surface area (Å²) in [4.78, 5) is 11.8. The Labute approximate surface area is 98.7 Å². The van der Waals surface area contributed by atoms with Gasteiger partial charge >= 0.3 is 0 Å². The van der Waals surface area contributed by atoms with Crippen LogP contribution in [0.15, 0.2) is 5.10 Å². The van der Waals surface area contributed by atoms with Gasteiger partial charge in [-0.2, -0.15) is 5.10 Å². The average Bonchev–Trinajstić information content (AvgIpc) is 2.34. The van der Waals surface area contributed by atoms with Gasteiger partial charge in [0.2, 0.25) is 5.91 Å². The summed E-state index contributed by atoms with van der Waals surface area (Å²) < 4.78 is 0. The molecular weight excluding hydrogens is 200 g/mol. The van der Waals surface area contributed by atoms with Crippen LogP contribution in [0.25, 0.3) is 0 Å². The van der Waals surface area contributed by atoms with Crippen LogP contribution in [0.2, 0.25) is 0 Å². The molecule has 16 heavy (non-hydrogen) atoms. The predicted molar refractivity (Wildman–Crippen MR) is 67.4 cm³/mol. The third-order valence-electron chi connectivity index (χ3n) is 3.23. The highest BCUT2D eigenvalue weighted by Crippen LogP contribution is 2.23. The first-order valence-corrected chi connectivity index (χ1v) is 6.57. The van der Waals surface area contributed by atoms with Crippen molar-refractivity contribution in [3.8, 4) is 0 Å². The second-order valence-electron chi connectivity index (χ2n) is 4.76. The maximum Gasteiger partial charge on any atom is 0.243 e. The Morgan fingerprint density at radius 1 is 1.31 bits per heavy atom. The topological polar surface area (TPSA) is 41.5 Å². The minimum Gasteiger partial charge on any atom is -0.273 e. The molecule has 1 N–H and O–H groups in total. The van der Waals surface area contributed by atoms with E-state index in [4.69, 9.17) is 0 Å². The molecule has 3 nitrogen and oxygen atoms in total. The normalized spacial score (nSPS) is 18.5. The van der Waals surface area contributed by atoms with Crippen molar-refractivity contribution < 1.29 is 4.79 Å². The Bertz CT molecular complexity index is 242. The van der Waals surface area contributed by atoms with Gasteiger partial charge in [-0.05, 0) is 32.6 Å². The largest absolute Gasteiger partial charge is 0.273 e. The molecule has 0 aromatic carbocycles. The van der Waals surface area contributed by atoms with Crippen LogP contribution in [-0.2, 0) is 4.79 Å². The zero-order valence-corrected chi connectivity index (χ0v) is 10.6. The second-order valence-corrected chi connectivity index (χ2v) is 4.76. The zero-order valence-electron chi connectivity index (χ0n) is 10.6. The highest BCUT2D eigenvalue weighted by molar-refractivity contribution is 5.85. The van der Waals surface area contributed by atoms with E-state index in [0.717, 1.165) is 31.4 Å². The van der Waals surface area contributed by atoms with Crippen LogP contribution in [-0.4, -0.2) is 11.6 Å². The van der Waals surface area contributed by atoms with Crippen LogP contribution in [0.3, 0.4) is 0 Å². The van der Waals surface area contributed by atoms with Crippen LogP contribution in [0.4, 0.5) is 0 Å². The van der Waals surface area contributed by atoms with E-state index in [-0.39, 0.29) is 11.8 Å². The molecule has 3 heteroatoms. The fourth-order valence-electron chi connectivity index (χ4n) is 2.10. The summed E-state index contributed by atoms with van der Waals surface area (Å²) in [6.45, 7) is 4.14. The summed E-state index contributed by atoms with van der Waals surface area (Å²) >= 11 is 0. The van der Waals surface area contributed by atoms with E-state index in [9.17, 15) is 4.79 Å². The lowest BCUT2D eigenvalue weighted by molar-refractivity contribution is -0.125. The maximum absolute atomic E-state index is 11.8. The molecule has 1 rings (SSSR count). The first kappa shape index (κ1) is 13.2. The molecule has 0 atom stereocenters. The van der Waals surface area contributed by atoms with Crippen molar-refractivity contribution in [3.63, 3.8) is 0 Å². The molecule has 1 aliphatic carbocycles. The molecule has 1 fully saturated rings. The van der Waals surface area contributed by atoms with Gasteiger partial charge in [0.1, 0.15) is 0 Å². The molecule has 0 unspecified atom stereocenters. The summed E-state index contributed by atoms with van der Waals surface area (Å²) in [5.74, 6) is 0.326. The number of unbranched alkanes of at least 4 members (excludes halogenated alkanes) is 1. The molecule has 0 spiro atoms. The van der Waals surface area contributed by atoms with Crippen molar-refractivity contribution in [3.05, 3.63) is 0 Å². The molecular formula is C13H24N2O. The lowest BCUT2D eigenvalue weighted by atomic mass is 9.89. The number of hydrazone groups is 1. The molecule has 0 heterocycles. The van der Waals surface area contributed by atoms with E-state index in [2.05, 4.69) is 17.5 Å². The fraction of sp³-hybridized carbons (Fsp3) is 0.846. The molecule has 0 aromatic heterocycles. The fourth-order valence-corrected chi connectivity index (χ4v) is 2.10. The van der Waals surface area contributed by atoms with Crippen molar-refractivity contribution in [2.24, 2.45) is 11.0 Å². The monoisotopic (exact) mass is 224 g/mol. The third kappa shape index (κ3) is 4.77. The summed E-state index contributed by atoms with van der Waals surface area (Å²) in [6, 6.07) is 0. The van der Waals surface area contributed by atoms with Gasteiger partial charge in [0, 0.05) is 11.6 Å². The minimum absolute atomic E-state index is 0.121. The Kier molecular flexibility index (Phi) is 6.12. The van der Waals surface area contributed by atoms with Crippen LogP contribution in [0.1, 0.15) is 65.2 Å². The van der Waals surface area contributed by atoms with E-state index in [0.29, 0.717) is 0 Å². The number of amides is 1. The summed E-state index contributed by atoms with van der Waals surface area (Å²) in [5, 5.41) is 4.15. The molecule has 1 saturated carbocycles. The summed E-state index contributed by atoms with van der Waals surface area (Å²) in [6.07, 6.45) is 9.04. The zero-order chi connectivity index (χ0) is 11.8. The molecule has 0 bridgehead atoms. The van der Waals surface area contributed by atoms with Gasteiger partial charge in [-0.3, -0.25) is 4.79 Å². The lowest BCUT2D eigenvalue weighted by Crippen LogP contribution is -2.29. The summed E-state index contributed by atoms with van der Waals surface area (Å²) in [5.41, 5.74) is 3.74. The molecule has 0 radical (unpaired) electrons. The van der Waals surface area contributed by atoms with Crippen molar-refractivity contribution in [1.29, 1.82) is 0 Å². The van der Waals surface area contributed by atoms with Gasteiger partial charge in [-0.1, -0.05) is 32.6 Å². The van der Waals surface area contributed by atoms with Crippen molar-refractivity contribution in [2.45, 2.75) is 65.2 Å². The first-order valence-electron chi connectivity index (χ1n) is 6.57. The number of hydrogen-bond acceptors (Lipinski definition) is 2. The van der Waals surface area contributed by atoms with E-state index < -0.39 is 0 Å². The number of carbonyl (C=O) groups excluding carboxylic acids is 1. The van der Waals surface area contributed by atoms with Crippen molar-refractivity contribution in [1.82, 2.24) is 5.43 Å². The third-order valence-corrected chi connectivity index (χ3v) is 3.23. The van der Waals surface area contributed by atoms with Crippen LogP contribution >= 0.6 is 0 Å². The smallest absolute Gasteiger partial charge is 0.243 e. The highest BCUT2D eigenvalue weighted by atomic mass is 16.2. The van der Waals surface area contributed by atoms with Crippen LogP contribution in [0, 0.1) is 5.92 Å². The van der Waals surface area contributed by atoms with Gasteiger partial charge in [0.25, 0.3) is 0 Å². The molecule has 1 aliphatic rings. The molecule has 1 amide bonds. The Balaban J connectivity index is 2.27. The standard InChI is InChI=1S/C13H24N2O/c1-3-4-8-11(2)14-15-13(16)12-9-6-5-7-10-12/h12H,3-10H2,1-2H3,(H,15,16)/b14-11+. The maximum atomic E-state index is 11.8. The van der Waals surface area contributed by atoms with Gasteiger partial charge in [0.15, 0.2) is 0 Å². The molecule has 92 valence electrons. The van der Waals surface area contributed by atoms with Crippen LogP contribution < -0.4 is 5.43 Å². The van der Waals surface area contributed by atoms with Gasteiger partial charge in [-0.15, -0.1) is 0 Å². The quantitative estimate of drug-likeness (QED) is 0.565. The van der Waals surface area contributed by atoms with E-state index in [1.165, 1.54) is 25.7 Å². The molecule has 0 aromatic rings. The number of nitrogens with one attached hydrogen (secondary N) is 1. The van der Waals surface area contributed by atoms with Crippen molar-refractivity contribution >= 4 is 11.6 Å². The number of rotatable bonds is 5. The Morgan fingerprint density at radius 2 is 2.00 bits per heavy atom. The average molecular weight is 224 g/mol. The lowest BCUT2D eigenvalue weighted by Gasteiger charge is -2.19. The minimum atomic E-state index is 0.121. The molecule has 0 saturated heterocycles. The predicted octanol–water partition coefficient (Wildman–Crippen LogP) is 3.25. The van der Waals surface area contributed by atoms with E-state index in [1.807, 2.05) is 6.92 Å². The molecule has 0 aliphatic heterocycles. The number of carbonyl (C=O) groups is 1. The Morgan fingerprint density at radius 3 is 2.62 bits per heavy atom. The van der Waals surface area contributed by atoms with Gasteiger partial charge < -0.3 is 0 Å². The number of hydrogen-bond donors (Lipinski definition) is 1. The van der Waals surface area contributed by atoms with E-state index in [1.54, 1.807) is 0 Å². The van der Waals surface area contributed by atoms with E-state index >= 15 is 0 Å². The number of nitrogens with zero attached hydrogens (tertiary/aromatic N) is 1. The van der Waals surface area contributed by atoms with Crippen molar-refractivity contribution in [2.75, 3.05) is 0 Å².